The predicted molar refractivity (Wildman–Crippen MR) is 70.8 cm³/mol. The van der Waals surface area contributed by atoms with E-state index in [-0.39, 0.29) is 22.1 Å². The number of halogens is 1. The third kappa shape index (κ3) is 3.34. The van der Waals surface area contributed by atoms with Gasteiger partial charge in [0.15, 0.2) is 9.84 Å². The molecule has 0 atom stereocenters. The largest absolute Gasteiger partial charge is 0.478 e. The van der Waals surface area contributed by atoms with Crippen LogP contribution >= 0.6 is 0 Å². The zero-order valence-electron chi connectivity index (χ0n) is 10.8. The van der Waals surface area contributed by atoms with E-state index in [9.17, 15) is 17.6 Å². The van der Waals surface area contributed by atoms with E-state index in [4.69, 9.17) is 9.84 Å². The van der Waals surface area contributed by atoms with Crippen LogP contribution in [0.25, 0.3) is 0 Å². The summed E-state index contributed by atoms with van der Waals surface area (Å²) in [6, 6.07) is 5.50. The van der Waals surface area contributed by atoms with Gasteiger partial charge in [0.25, 0.3) is 0 Å². The number of carbonyl (C=O) groups is 1. The molecule has 0 saturated carbocycles. The van der Waals surface area contributed by atoms with Crippen molar-refractivity contribution < 1.29 is 27.4 Å². The third-order valence-corrected chi connectivity index (χ3v) is 3.63. The van der Waals surface area contributed by atoms with E-state index in [1.165, 1.54) is 18.3 Å². The molecular formula is C13H10FNO5S. The van der Waals surface area contributed by atoms with Crippen molar-refractivity contribution in [2.45, 2.75) is 4.90 Å². The predicted octanol–water partition coefficient (Wildman–Crippen LogP) is 2.11. The van der Waals surface area contributed by atoms with E-state index in [1.54, 1.807) is 0 Å². The number of hydrogen-bond acceptors (Lipinski definition) is 5. The van der Waals surface area contributed by atoms with Gasteiger partial charge >= 0.3 is 5.97 Å². The molecule has 0 radical (unpaired) electrons. The minimum atomic E-state index is -3.63. The molecule has 2 rings (SSSR count). The Morgan fingerprint density at radius 1 is 1.33 bits per heavy atom. The molecule has 2 aromatic rings. The van der Waals surface area contributed by atoms with Crippen LogP contribution in [0.15, 0.2) is 41.4 Å². The van der Waals surface area contributed by atoms with Gasteiger partial charge in [-0.15, -0.1) is 0 Å². The molecule has 110 valence electrons. The van der Waals surface area contributed by atoms with Crippen LogP contribution in [0.4, 0.5) is 4.39 Å². The second-order valence-corrected chi connectivity index (χ2v) is 6.11. The molecule has 8 heteroatoms. The van der Waals surface area contributed by atoms with Gasteiger partial charge in [0.1, 0.15) is 22.0 Å². The Labute approximate surface area is 119 Å². The summed E-state index contributed by atoms with van der Waals surface area (Å²) in [6.07, 6.45) is 2.24. The number of hydrogen-bond donors (Lipinski definition) is 1. The Bertz CT molecular complexity index is 804. The second-order valence-electron chi connectivity index (χ2n) is 4.13. The van der Waals surface area contributed by atoms with Crippen molar-refractivity contribution in [3.63, 3.8) is 0 Å². The fourth-order valence-electron chi connectivity index (χ4n) is 1.60. The highest BCUT2D eigenvalue weighted by atomic mass is 32.2. The molecule has 1 aromatic heterocycles. The smallest absolute Gasteiger partial charge is 0.339 e. The van der Waals surface area contributed by atoms with Crippen molar-refractivity contribution in [2.24, 2.45) is 0 Å². The second kappa shape index (κ2) is 5.49. The molecule has 1 N–H and O–H groups in total. The first-order valence-corrected chi connectivity index (χ1v) is 7.54. The first kappa shape index (κ1) is 14.9. The first-order chi connectivity index (χ1) is 9.79. The van der Waals surface area contributed by atoms with Gasteiger partial charge in [-0.2, -0.15) is 0 Å². The quantitative estimate of drug-likeness (QED) is 0.929. The topological polar surface area (TPSA) is 93.6 Å². The average Bonchev–Trinajstić information content (AvgIpc) is 2.37. The number of benzene rings is 1. The summed E-state index contributed by atoms with van der Waals surface area (Å²) in [5, 5.41) is 9.02. The van der Waals surface area contributed by atoms with Crippen molar-refractivity contribution in [3.05, 3.63) is 47.9 Å². The van der Waals surface area contributed by atoms with Crippen molar-refractivity contribution in [1.82, 2.24) is 4.98 Å². The Morgan fingerprint density at radius 2 is 2.05 bits per heavy atom. The lowest BCUT2D eigenvalue weighted by molar-refractivity contribution is 0.0694. The average molecular weight is 311 g/mol. The van der Waals surface area contributed by atoms with E-state index in [2.05, 4.69) is 4.98 Å². The van der Waals surface area contributed by atoms with E-state index < -0.39 is 21.6 Å². The van der Waals surface area contributed by atoms with Crippen LogP contribution in [0.2, 0.25) is 0 Å². The van der Waals surface area contributed by atoms with Crippen LogP contribution in [0, 0.1) is 5.82 Å². The fraction of sp³-hybridized carbons (Fsp3) is 0.0769. The Balaban J connectivity index is 2.54. The van der Waals surface area contributed by atoms with Crippen LogP contribution in [0.5, 0.6) is 11.6 Å². The van der Waals surface area contributed by atoms with Crippen molar-refractivity contribution in [3.8, 4) is 11.6 Å². The van der Waals surface area contributed by atoms with Gasteiger partial charge in [0, 0.05) is 18.5 Å². The van der Waals surface area contributed by atoms with Gasteiger partial charge in [0.2, 0.25) is 5.88 Å². The van der Waals surface area contributed by atoms with Crippen LogP contribution in [-0.2, 0) is 9.84 Å². The summed E-state index contributed by atoms with van der Waals surface area (Å²) in [6.45, 7) is 0. The number of rotatable bonds is 4. The van der Waals surface area contributed by atoms with Gasteiger partial charge in [-0.3, -0.25) is 0 Å². The number of aromatic carboxylic acids is 1. The maximum Gasteiger partial charge on any atom is 0.339 e. The highest BCUT2D eigenvalue weighted by Crippen LogP contribution is 2.29. The lowest BCUT2D eigenvalue weighted by Crippen LogP contribution is -2.05. The maximum atomic E-state index is 13.2. The molecule has 6 nitrogen and oxygen atoms in total. The molecule has 0 aliphatic heterocycles. The van der Waals surface area contributed by atoms with Gasteiger partial charge in [-0.05, 0) is 24.3 Å². The summed E-state index contributed by atoms with van der Waals surface area (Å²) in [5.41, 5.74) is -0.304. The summed E-state index contributed by atoms with van der Waals surface area (Å²) < 4.78 is 41.7. The van der Waals surface area contributed by atoms with E-state index in [0.717, 1.165) is 24.5 Å². The van der Waals surface area contributed by atoms with Gasteiger partial charge in [0.05, 0.1) is 0 Å². The molecule has 0 aliphatic carbocycles. The van der Waals surface area contributed by atoms with E-state index >= 15 is 0 Å². The van der Waals surface area contributed by atoms with Crippen LogP contribution < -0.4 is 4.74 Å². The molecule has 0 amide bonds. The molecule has 0 aliphatic rings. The number of sulfone groups is 1. The summed E-state index contributed by atoms with van der Waals surface area (Å²) in [7, 11) is -3.63. The zero-order valence-corrected chi connectivity index (χ0v) is 11.6. The normalized spacial score (nSPS) is 11.1. The molecule has 0 bridgehead atoms. The van der Waals surface area contributed by atoms with Crippen molar-refractivity contribution in [1.29, 1.82) is 0 Å². The molecule has 0 fully saturated rings. The third-order valence-electron chi connectivity index (χ3n) is 2.52. The molecule has 0 saturated heterocycles. The number of aromatic nitrogens is 1. The summed E-state index contributed by atoms with van der Waals surface area (Å²) in [5.74, 6) is -2.69. The van der Waals surface area contributed by atoms with Crippen molar-refractivity contribution in [2.75, 3.05) is 6.26 Å². The molecule has 1 heterocycles. The minimum Gasteiger partial charge on any atom is -0.478 e. The Hall–Kier alpha value is -2.48. The molecule has 1 aromatic carbocycles. The lowest BCUT2D eigenvalue weighted by atomic mass is 10.2. The van der Waals surface area contributed by atoms with Gasteiger partial charge in [-0.25, -0.2) is 22.6 Å². The van der Waals surface area contributed by atoms with Crippen LogP contribution in [0.1, 0.15) is 10.4 Å². The first-order valence-electron chi connectivity index (χ1n) is 5.65. The Kier molecular flexibility index (Phi) is 3.90. The zero-order chi connectivity index (χ0) is 15.6. The van der Waals surface area contributed by atoms with Crippen molar-refractivity contribution >= 4 is 15.8 Å². The van der Waals surface area contributed by atoms with Gasteiger partial charge in [-0.1, -0.05) is 0 Å². The number of nitrogens with zero attached hydrogens (tertiary/aromatic N) is 1. The molecule has 0 spiro atoms. The standard InChI is InChI=1S/C13H10FNO5S/c1-21(18,19)11-3-2-6-15-12(11)20-10-7-8(14)4-5-9(10)13(16)17/h2-7H,1H3,(H,16,17). The number of ether oxygens (including phenoxy) is 1. The lowest BCUT2D eigenvalue weighted by Gasteiger charge is -2.10. The maximum absolute atomic E-state index is 13.2. The SMILES string of the molecule is CS(=O)(=O)c1cccnc1Oc1cc(F)ccc1C(=O)O. The summed E-state index contributed by atoms with van der Waals surface area (Å²) >= 11 is 0. The minimum absolute atomic E-state index is 0.217. The highest BCUT2D eigenvalue weighted by Gasteiger charge is 2.19. The monoisotopic (exact) mass is 311 g/mol. The molecular weight excluding hydrogens is 301 g/mol. The Morgan fingerprint density at radius 3 is 2.67 bits per heavy atom. The van der Waals surface area contributed by atoms with Crippen LogP contribution in [0.3, 0.4) is 0 Å². The summed E-state index contributed by atoms with van der Waals surface area (Å²) in [4.78, 5) is 14.6. The van der Waals surface area contributed by atoms with Crippen LogP contribution in [-0.4, -0.2) is 30.7 Å². The number of pyridine rings is 1. The van der Waals surface area contributed by atoms with Gasteiger partial charge < -0.3 is 9.84 Å². The fourth-order valence-corrected chi connectivity index (χ4v) is 2.33. The van der Waals surface area contributed by atoms with E-state index in [0.29, 0.717) is 0 Å². The molecule has 21 heavy (non-hydrogen) atoms. The molecule has 0 unspecified atom stereocenters. The van der Waals surface area contributed by atoms with E-state index in [1.807, 2.05) is 0 Å². The number of carboxylic acids is 1. The highest BCUT2D eigenvalue weighted by molar-refractivity contribution is 7.90. The number of carboxylic acid groups (broad SMARTS) is 1.